The Hall–Kier alpha value is -2.84. The first-order valence-electron chi connectivity index (χ1n) is 7.55. The molecular weight excluding hydrogens is 440 g/mol. The van der Waals surface area contributed by atoms with Crippen molar-refractivity contribution in [3.8, 4) is 11.5 Å². The summed E-state index contributed by atoms with van der Waals surface area (Å²) >= 11 is 9.23. The van der Waals surface area contributed by atoms with E-state index in [-0.39, 0.29) is 22.0 Å². The number of nitrogens with zero attached hydrogens (tertiary/aromatic N) is 1. The van der Waals surface area contributed by atoms with E-state index in [4.69, 9.17) is 16.3 Å². The SMILES string of the molecule is COc1ccc(N2C(=O)NC(=O)C(=Cc3ccc(O)c(Br)c3)C2=O)cc1Cl. The van der Waals surface area contributed by atoms with Gasteiger partial charge in [0.15, 0.2) is 0 Å². The van der Waals surface area contributed by atoms with E-state index in [2.05, 4.69) is 21.2 Å². The number of carbonyl (C=O) groups is 3. The predicted molar refractivity (Wildman–Crippen MR) is 103 cm³/mol. The number of methoxy groups -OCH3 is 1. The summed E-state index contributed by atoms with van der Waals surface area (Å²) in [4.78, 5) is 38.0. The average Bonchev–Trinajstić information content (AvgIpc) is 2.61. The first kappa shape index (κ1) is 18.9. The number of hydrogen-bond donors (Lipinski definition) is 2. The number of imide groups is 2. The molecule has 1 saturated heterocycles. The minimum absolute atomic E-state index is 0.0150. The van der Waals surface area contributed by atoms with Crippen LogP contribution in [0.25, 0.3) is 6.08 Å². The molecule has 9 heteroatoms. The lowest BCUT2D eigenvalue weighted by molar-refractivity contribution is -0.122. The standard InChI is InChI=1S/C18H12BrClN2O5/c1-27-15-5-3-10(8-13(15)20)22-17(25)11(16(24)21-18(22)26)6-9-2-4-14(23)12(19)7-9/h2-8,23H,1H3,(H,21,24,26). The molecule has 1 aliphatic rings. The molecule has 2 aromatic rings. The number of barbiturate groups is 1. The van der Waals surface area contributed by atoms with Gasteiger partial charge in [-0.3, -0.25) is 14.9 Å². The Labute approximate surface area is 167 Å². The maximum absolute atomic E-state index is 12.8. The molecule has 27 heavy (non-hydrogen) atoms. The van der Waals surface area contributed by atoms with Crippen LogP contribution in [0.3, 0.4) is 0 Å². The van der Waals surface area contributed by atoms with Crippen LogP contribution in [-0.2, 0) is 9.59 Å². The second kappa shape index (κ2) is 7.42. The third kappa shape index (κ3) is 3.67. The summed E-state index contributed by atoms with van der Waals surface area (Å²) in [6.45, 7) is 0. The van der Waals surface area contributed by atoms with Crippen LogP contribution in [0, 0.1) is 0 Å². The number of urea groups is 1. The number of halogens is 2. The van der Waals surface area contributed by atoms with Crippen LogP contribution < -0.4 is 15.0 Å². The number of hydrogen-bond acceptors (Lipinski definition) is 5. The third-order valence-corrected chi connectivity index (χ3v) is 4.71. The molecular formula is C18H12BrClN2O5. The first-order chi connectivity index (χ1) is 12.8. The van der Waals surface area contributed by atoms with Gasteiger partial charge in [-0.15, -0.1) is 0 Å². The topological polar surface area (TPSA) is 95.9 Å². The largest absolute Gasteiger partial charge is 0.507 e. The van der Waals surface area contributed by atoms with Gasteiger partial charge in [0.1, 0.15) is 17.1 Å². The molecule has 1 heterocycles. The van der Waals surface area contributed by atoms with Gasteiger partial charge in [-0.2, -0.15) is 0 Å². The molecule has 2 N–H and O–H groups in total. The number of aromatic hydroxyl groups is 1. The zero-order valence-electron chi connectivity index (χ0n) is 13.8. The van der Waals surface area contributed by atoms with E-state index in [1.165, 1.54) is 49.6 Å². The minimum atomic E-state index is -0.879. The second-order valence-electron chi connectivity index (χ2n) is 5.49. The van der Waals surface area contributed by atoms with E-state index in [1.54, 1.807) is 0 Å². The number of amides is 4. The van der Waals surface area contributed by atoms with Crippen LogP contribution >= 0.6 is 27.5 Å². The third-order valence-electron chi connectivity index (χ3n) is 3.78. The van der Waals surface area contributed by atoms with Crippen molar-refractivity contribution in [1.29, 1.82) is 0 Å². The summed E-state index contributed by atoms with van der Waals surface area (Å²) in [6.07, 6.45) is 1.33. The van der Waals surface area contributed by atoms with Crippen molar-refractivity contribution in [3.05, 3.63) is 57.0 Å². The highest BCUT2D eigenvalue weighted by molar-refractivity contribution is 9.10. The van der Waals surface area contributed by atoms with Gasteiger partial charge < -0.3 is 9.84 Å². The van der Waals surface area contributed by atoms with Crippen LogP contribution in [-0.4, -0.2) is 30.1 Å². The van der Waals surface area contributed by atoms with Gasteiger partial charge in [0.05, 0.1) is 22.3 Å². The van der Waals surface area contributed by atoms with Crippen molar-refractivity contribution in [2.45, 2.75) is 0 Å². The predicted octanol–water partition coefficient (Wildman–Crippen LogP) is 3.48. The molecule has 0 saturated carbocycles. The van der Waals surface area contributed by atoms with Crippen molar-refractivity contribution in [2.75, 3.05) is 12.0 Å². The summed E-state index contributed by atoms with van der Waals surface area (Å²) in [5.41, 5.74) is 0.438. The number of rotatable bonds is 3. The fraction of sp³-hybridized carbons (Fsp3) is 0.0556. The van der Waals surface area contributed by atoms with E-state index in [9.17, 15) is 19.5 Å². The van der Waals surface area contributed by atoms with Gasteiger partial charge in [-0.05, 0) is 57.9 Å². The Morgan fingerprint density at radius 1 is 1.19 bits per heavy atom. The molecule has 0 spiro atoms. The molecule has 0 unspecified atom stereocenters. The molecule has 7 nitrogen and oxygen atoms in total. The molecule has 1 aliphatic heterocycles. The Bertz CT molecular complexity index is 1010. The van der Waals surface area contributed by atoms with Crippen LogP contribution in [0.1, 0.15) is 5.56 Å². The van der Waals surface area contributed by atoms with Crippen LogP contribution in [0.4, 0.5) is 10.5 Å². The molecule has 1 fully saturated rings. The van der Waals surface area contributed by atoms with Gasteiger partial charge >= 0.3 is 6.03 Å². The van der Waals surface area contributed by atoms with Crippen LogP contribution in [0.2, 0.25) is 5.02 Å². The van der Waals surface area contributed by atoms with Crippen molar-refractivity contribution >= 4 is 57.1 Å². The molecule has 0 aromatic heterocycles. The fourth-order valence-electron chi connectivity index (χ4n) is 2.47. The summed E-state index contributed by atoms with van der Waals surface area (Å²) in [7, 11) is 1.44. The number of phenolic OH excluding ortho intramolecular Hbond substituents is 1. The van der Waals surface area contributed by atoms with Gasteiger partial charge in [-0.1, -0.05) is 17.7 Å². The maximum Gasteiger partial charge on any atom is 0.335 e. The van der Waals surface area contributed by atoms with Crippen molar-refractivity contribution < 1.29 is 24.2 Å². The van der Waals surface area contributed by atoms with Crippen LogP contribution in [0.5, 0.6) is 11.5 Å². The quantitative estimate of drug-likeness (QED) is 0.550. The highest BCUT2D eigenvalue weighted by Gasteiger charge is 2.37. The van der Waals surface area contributed by atoms with Gasteiger partial charge in [0, 0.05) is 0 Å². The van der Waals surface area contributed by atoms with Crippen molar-refractivity contribution in [1.82, 2.24) is 5.32 Å². The summed E-state index contributed by atoms with van der Waals surface area (Å²) in [5.74, 6) is -1.22. The van der Waals surface area contributed by atoms with Crippen molar-refractivity contribution in [2.24, 2.45) is 0 Å². The Balaban J connectivity index is 2.02. The summed E-state index contributed by atoms with van der Waals surface area (Å²) in [6, 6.07) is 7.97. The fourth-order valence-corrected chi connectivity index (χ4v) is 3.11. The molecule has 0 radical (unpaired) electrons. The molecule has 3 rings (SSSR count). The first-order valence-corrected chi connectivity index (χ1v) is 8.72. The zero-order chi connectivity index (χ0) is 19.7. The number of anilines is 1. The van der Waals surface area contributed by atoms with Gasteiger partial charge in [-0.25, -0.2) is 9.69 Å². The number of carbonyl (C=O) groups excluding carboxylic acids is 3. The van der Waals surface area contributed by atoms with Crippen LogP contribution in [0.15, 0.2) is 46.4 Å². The maximum atomic E-state index is 12.8. The van der Waals surface area contributed by atoms with Gasteiger partial charge in [0.25, 0.3) is 11.8 Å². The normalized spacial score (nSPS) is 15.9. The van der Waals surface area contributed by atoms with Crippen molar-refractivity contribution in [3.63, 3.8) is 0 Å². The van der Waals surface area contributed by atoms with E-state index in [1.807, 2.05) is 0 Å². The number of phenols is 1. The zero-order valence-corrected chi connectivity index (χ0v) is 16.2. The van der Waals surface area contributed by atoms with E-state index < -0.39 is 17.8 Å². The highest BCUT2D eigenvalue weighted by atomic mass is 79.9. The molecule has 0 bridgehead atoms. The number of nitrogens with one attached hydrogen (secondary N) is 1. The Morgan fingerprint density at radius 3 is 2.56 bits per heavy atom. The summed E-state index contributed by atoms with van der Waals surface area (Å²) in [5, 5.41) is 11.9. The van der Waals surface area contributed by atoms with Gasteiger partial charge in [0.2, 0.25) is 0 Å². The lowest BCUT2D eigenvalue weighted by atomic mass is 10.1. The highest BCUT2D eigenvalue weighted by Crippen LogP contribution is 2.31. The monoisotopic (exact) mass is 450 g/mol. The van der Waals surface area contributed by atoms with E-state index >= 15 is 0 Å². The Morgan fingerprint density at radius 2 is 1.93 bits per heavy atom. The second-order valence-corrected chi connectivity index (χ2v) is 6.75. The lowest BCUT2D eigenvalue weighted by Crippen LogP contribution is -2.54. The minimum Gasteiger partial charge on any atom is -0.507 e. The number of benzene rings is 2. The molecule has 2 aromatic carbocycles. The van der Waals surface area contributed by atoms with E-state index in [0.29, 0.717) is 15.8 Å². The van der Waals surface area contributed by atoms with E-state index in [0.717, 1.165) is 4.90 Å². The molecule has 0 atom stereocenters. The lowest BCUT2D eigenvalue weighted by Gasteiger charge is -2.26. The molecule has 0 aliphatic carbocycles. The molecule has 4 amide bonds. The molecule has 138 valence electrons. The smallest absolute Gasteiger partial charge is 0.335 e. The Kier molecular flexibility index (Phi) is 5.20. The average molecular weight is 452 g/mol. The summed E-state index contributed by atoms with van der Waals surface area (Å²) < 4.78 is 5.45. The number of ether oxygens (including phenoxy) is 1.